The van der Waals surface area contributed by atoms with Gasteiger partial charge in [-0.15, -0.1) is 0 Å². The van der Waals surface area contributed by atoms with Gasteiger partial charge in [0.15, 0.2) is 0 Å². The van der Waals surface area contributed by atoms with Crippen LogP contribution >= 0.6 is 0 Å². The molecule has 0 bridgehead atoms. The second-order valence-electron chi connectivity index (χ2n) is 0.610. The van der Waals surface area contributed by atoms with Crippen LogP contribution in [0.5, 0.6) is 0 Å². The smallest absolute Gasteiger partial charge is 0.414 e. The van der Waals surface area contributed by atoms with Gasteiger partial charge in [0.05, 0.1) is 0 Å². The fourth-order valence-electron chi connectivity index (χ4n) is 0. The molecular weight excluding hydrogens is 203 g/mol. The largest absolute Gasteiger partial charge is 0.473 e. The third-order valence-electron chi connectivity index (χ3n) is 0.183. The summed E-state index contributed by atoms with van der Waals surface area (Å²) in [6.07, 6.45) is 0. The topological polar surface area (TPSA) is 215 Å². The fourth-order valence-corrected chi connectivity index (χ4v) is 0. The summed E-state index contributed by atoms with van der Waals surface area (Å²) in [6.45, 7) is 0. The van der Waals surface area contributed by atoms with E-state index in [0.29, 0.717) is 0 Å². The minimum atomic E-state index is -1.82. The number of carboxylic acid groups (broad SMARTS) is 2. The first-order valence-electron chi connectivity index (χ1n) is 1.11. The zero-order valence-electron chi connectivity index (χ0n) is 5.87. The van der Waals surface area contributed by atoms with Gasteiger partial charge in [-0.25, -0.2) is 9.59 Å². The van der Waals surface area contributed by atoms with E-state index in [2.05, 4.69) is 0 Å². The summed E-state index contributed by atoms with van der Waals surface area (Å²) in [5.74, 6) is -3.65. The van der Waals surface area contributed by atoms with Gasteiger partial charge in [0.1, 0.15) is 0 Å². The van der Waals surface area contributed by atoms with E-state index in [-0.39, 0.29) is 41.4 Å². The summed E-state index contributed by atoms with van der Waals surface area (Å²) in [7, 11) is 0. The van der Waals surface area contributed by atoms with Gasteiger partial charge in [0.25, 0.3) is 0 Å². The number of rotatable bonds is 0. The Morgan fingerprint density at radius 3 is 0.818 bits per heavy atom. The Balaban J connectivity index is -0.0000000125. The van der Waals surface area contributed by atoms with Crippen LogP contribution < -0.4 is 24.6 Å². The van der Waals surface area contributed by atoms with Crippen molar-refractivity contribution < 1.29 is 36.6 Å². The van der Waals surface area contributed by atoms with Crippen LogP contribution in [0.25, 0.3) is 0 Å². The Hall–Kier alpha value is -0.714. The molecule has 75 valence electrons. The normalized spacial score (nSPS) is 4.00. The molecule has 1 radical (unpaired) electrons. The average Bonchev–Trinajstić information content (AvgIpc) is 1.36. The van der Waals surface area contributed by atoms with Crippen molar-refractivity contribution in [3.05, 3.63) is 0 Å². The predicted octanol–water partition coefficient (Wildman–Crippen LogP) is -0.199. The van der Waals surface area contributed by atoms with Crippen molar-refractivity contribution in [3.63, 3.8) is 0 Å². The van der Waals surface area contributed by atoms with E-state index in [1.54, 1.807) is 0 Å². The zero-order chi connectivity index (χ0) is 5.15. The van der Waals surface area contributed by atoms with Gasteiger partial charge < -0.3 is 34.8 Å². The molecule has 0 aromatic rings. The Bertz CT molecular complexity index is 86.1. The zero-order valence-corrected chi connectivity index (χ0v) is 6.91. The summed E-state index contributed by atoms with van der Waals surface area (Å²) in [6, 6.07) is 0. The molecule has 8 nitrogen and oxygen atoms in total. The van der Waals surface area contributed by atoms with Crippen molar-refractivity contribution in [2.24, 2.45) is 0 Å². The van der Waals surface area contributed by atoms with Crippen LogP contribution in [0.4, 0.5) is 0 Å². The quantitative estimate of drug-likeness (QED) is 0.297. The first-order valence-corrected chi connectivity index (χ1v) is 1.11. The predicted molar refractivity (Wildman–Crippen MR) is 35.4 cm³/mol. The van der Waals surface area contributed by atoms with Crippen LogP contribution in [0.1, 0.15) is 0 Å². The van der Waals surface area contributed by atoms with Gasteiger partial charge in [-0.2, -0.15) is 0 Å². The van der Waals surface area contributed by atoms with E-state index < -0.39 is 11.9 Å². The molecule has 0 saturated heterocycles. The van der Waals surface area contributed by atoms with Crippen LogP contribution in [0.2, 0.25) is 0 Å². The summed E-state index contributed by atoms with van der Waals surface area (Å²) in [5, 5.41) is 14.8. The number of carbonyl (C=O) groups is 2. The summed E-state index contributed by atoms with van der Waals surface area (Å²) in [4.78, 5) is 18.2. The van der Waals surface area contributed by atoms with E-state index >= 15 is 0 Å². The Kier molecular flexibility index (Phi) is 100. The maximum Gasteiger partial charge on any atom is 0.414 e. The minimum Gasteiger partial charge on any atom is -0.473 e. The van der Waals surface area contributed by atoms with Crippen molar-refractivity contribution in [1.29, 1.82) is 0 Å². The number of carboxylic acids is 2. The molecule has 0 aliphatic heterocycles. The van der Waals surface area contributed by atoms with Crippen LogP contribution in [0, 0.1) is 0 Å². The second kappa shape index (κ2) is 22.8. The monoisotopic (exact) mass is 217 g/mol. The Labute approximate surface area is 73.9 Å². The van der Waals surface area contributed by atoms with E-state index in [4.69, 9.17) is 19.8 Å². The summed E-state index contributed by atoms with van der Waals surface area (Å²) >= 11 is 0. The SMILES string of the molecule is N.N.N.N.O=C(O)C(=O)O.[Co]. The molecule has 11 heavy (non-hydrogen) atoms. The van der Waals surface area contributed by atoms with Gasteiger partial charge in [0.2, 0.25) is 0 Å². The molecular formula is C2H14CoN4O4. The number of hydrogen-bond acceptors (Lipinski definition) is 6. The summed E-state index contributed by atoms with van der Waals surface area (Å²) in [5.41, 5.74) is 0. The molecule has 0 spiro atoms. The molecule has 0 atom stereocenters. The molecule has 0 rings (SSSR count). The summed E-state index contributed by atoms with van der Waals surface area (Å²) < 4.78 is 0. The molecule has 0 aromatic heterocycles. The average molecular weight is 217 g/mol. The van der Waals surface area contributed by atoms with E-state index in [9.17, 15) is 0 Å². The molecule has 0 aliphatic rings. The van der Waals surface area contributed by atoms with Crippen LogP contribution in [0.15, 0.2) is 0 Å². The minimum absolute atomic E-state index is 0. The third-order valence-corrected chi connectivity index (χ3v) is 0.183. The van der Waals surface area contributed by atoms with Crippen molar-refractivity contribution in [1.82, 2.24) is 24.6 Å². The molecule has 0 amide bonds. The van der Waals surface area contributed by atoms with Crippen molar-refractivity contribution in [2.75, 3.05) is 0 Å². The van der Waals surface area contributed by atoms with Gasteiger partial charge in [-0.1, -0.05) is 0 Å². The molecule has 0 aromatic carbocycles. The first-order chi connectivity index (χ1) is 2.64. The molecule has 0 fully saturated rings. The molecule has 14 N–H and O–H groups in total. The number of aliphatic carboxylic acids is 2. The molecule has 0 aliphatic carbocycles. The molecule has 0 heterocycles. The Morgan fingerprint density at radius 1 is 0.727 bits per heavy atom. The standard InChI is InChI=1S/C2H2O4.Co.4H3N/c3-1(4)2(5)6;;;;;/h(H,3,4)(H,5,6);;4*1H3. The van der Waals surface area contributed by atoms with Gasteiger partial charge in [-0.3, -0.25) is 0 Å². The van der Waals surface area contributed by atoms with Crippen LogP contribution in [-0.2, 0) is 26.4 Å². The molecule has 0 saturated carbocycles. The van der Waals surface area contributed by atoms with E-state index in [1.807, 2.05) is 0 Å². The molecule has 9 heteroatoms. The van der Waals surface area contributed by atoms with Gasteiger partial charge in [0, 0.05) is 16.8 Å². The maximum absolute atomic E-state index is 9.10. The van der Waals surface area contributed by atoms with E-state index in [0.717, 1.165) is 0 Å². The number of hydrogen-bond donors (Lipinski definition) is 6. The van der Waals surface area contributed by atoms with Gasteiger partial charge in [-0.05, 0) is 0 Å². The fraction of sp³-hybridized carbons (Fsp3) is 0. The van der Waals surface area contributed by atoms with Crippen LogP contribution in [-0.4, -0.2) is 22.2 Å². The van der Waals surface area contributed by atoms with Gasteiger partial charge >= 0.3 is 11.9 Å². The van der Waals surface area contributed by atoms with E-state index in [1.165, 1.54) is 0 Å². The van der Waals surface area contributed by atoms with Crippen molar-refractivity contribution in [2.45, 2.75) is 0 Å². The third kappa shape index (κ3) is 45.6. The van der Waals surface area contributed by atoms with Crippen molar-refractivity contribution in [3.8, 4) is 0 Å². The second-order valence-corrected chi connectivity index (χ2v) is 0.610. The Morgan fingerprint density at radius 2 is 0.818 bits per heavy atom. The maximum atomic E-state index is 9.10. The van der Waals surface area contributed by atoms with Crippen LogP contribution in [0.3, 0.4) is 0 Å². The first kappa shape index (κ1) is 48.3. The van der Waals surface area contributed by atoms with Crippen molar-refractivity contribution >= 4 is 11.9 Å². The molecule has 0 unspecified atom stereocenters.